The minimum absolute atomic E-state index is 0.0707. The van der Waals surface area contributed by atoms with Crippen LogP contribution in [0.25, 0.3) is 0 Å². The molecule has 3 aliphatic rings. The molecule has 3 heterocycles. The van der Waals surface area contributed by atoms with Crippen molar-refractivity contribution in [2.45, 2.75) is 19.2 Å². The second-order valence-corrected chi connectivity index (χ2v) is 5.89. The number of hydrogen-bond donors (Lipinski definition) is 4. The minimum Gasteiger partial charge on any atom is -0.467 e. The summed E-state index contributed by atoms with van der Waals surface area (Å²) in [5.74, 6) is 0.544. The smallest absolute Gasteiger partial charge is 0.234 e. The lowest BCUT2D eigenvalue weighted by molar-refractivity contribution is -0.124. The number of hydrogen-bond acceptors (Lipinski definition) is 6. The van der Waals surface area contributed by atoms with Crippen molar-refractivity contribution in [2.75, 3.05) is 19.9 Å². The van der Waals surface area contributed by atoms with E-state index in [1.54, 1.807) is 0 Å². The highest BCUT2D eigenvalue weighted by Crippen LogP contribution is 2.29. The van der Waals surface area contributed by atoms with Crippen LogP contribution in [-0.2, 0) is 22.6 Å². The summed E-state index contributed by atoms with van der Waals surface area (Å²) in [6, 6.07) is 2.88. The van der Waals surface area contributed by atoms with E-state index in [-0.39, 0.29) is 30.6 Å². The van der Waals surface area contributed by atoms with Crippen LogP contribution in [0.15, 0.2) is 17.1 Å². The maximum Gasteiger partial charge on any atom is 0.234 e. The number of benzene rings is 1. The fraction of sp³-hybridized carbons (Fsp3) is 0.467. The maximum absolute atomic E-state index is 13.7. The van der Waals surface area contributed by atoms with Gasteiger partial charge in [0.1, 0.15) is 17.7 Å². The van der Waals surface area contributed by atoms with E-state index in [1.165, 1.54) is 12.1 Å². The highest BCUT2D eigenvalue weighted by molar-refractivity contribution is 6.01. The molecule has 2 atom stereocenters. The van der Waals surface area contributed by atoms with Crippen LogP contribution in [0.2, 0.25) is 0 Å². The summed E-state index contributed by atoms with van der Waals surface area (Å²) in [6.07, 6.45) is 0.334. The minimum atomic E-state index is -0.321. The first-order valence-corrected chi connectivity index (χ1v) is 7.83. The summed E-state index contributed by atoms with van der Waals surface area (Å²) < 4.78 is 24.4. The Morgan fingerprint density at radius 2 is 2.29 bits per heavy atom. The number of hydrazine groups is 1. The maximum atomic E-state index is 13.7. The van der Waals surface area contributed by atoms with Crippen molar-refractivity contribution < 1.29 is 18.7 Å². The lowest BCUT2D eigenvalue weighted by atomic mass is 10.1. The van der Waals surface area contributed by atoms with Crippen LogP contribution in [0, 0.1) is 11.7 Å². The van der Waals surface area contributed by atoms with Gasteiger partial charge in [0.15, 0.2) is 12.8 Å². The Bertz CT molecular complexity index is 696. The molecule has 4 N–H and O–H groups in total. The average Bonchev–Trinajstić information content (AvgIpc) is 3.04. The van der Waals surface area contributed by atoms with Gasteiger partial charge < -0.3 is 14.8 Å². The zero-order valence-electron chi connectivity index (χ0n) is 12.9. The molecule has 2 fully saturated rings. The number of ether oxygens (including phenoxy) is 2. The molecule has 2 unspecified atom stereocenters. The van der Waals surface area contributed by atoms with Crippen molar-refractivity contribution in [3.05, 3.63) is 29.1 Å². The molecule has 1 aromatic carbocycles. The van der Waals surface area contributed by atoms with Crippen LogP contribution in [0.5, 0.6) is 5.75 Å². The largest absolute Gasteiger partial charge is 0.467 e. The first-order chi connectivity index (χ1) is 11.7. The summed E-state index contributed by atoms with van der Waals surface area (Å²) in [6.45, 7) is 1.48. The van der Waals surface area contributed by atoms with Crippen LogP contribution in [0.4, 0.5) is 4.39 Å². The van der Waals surface area contributed by atoms with Gasteiger partial charge in [0, 0.05) is 18.7 Å². The lowest BCUT2D eigenvalue weighted by Gasteiger charge is -2.27. The second kappa shape index (κ2) is 6.34. The van der Waals surface area contributed by atoms with Crippen molar-refractivity contribution >= 4 is 11.9 Å². The number of fused-ring (bicyclic) bond motifs is 2. The van der Waals surface area contributed by atoms with Crippen molar-refractivity contribution in [1.82, 2.24) is 21.5 Å². The molecule has 128 valence electrons. The Kier molecular flexibility index (Phi) is 4.05. The van der Waals surface area contributed by atoms with E-state index in [0.29, 0.717) is 43.4 Å². The summed E-state index contributed by atoms with van der Waals surface area (Å²) in [5.41, 5.74) is 7.38. The van der Waals surface area contributed by atoms with Crippen molar-refractivity contribution in [3.8, 4) is 5.75 Å². The summed E-state index contributed by atoms with van der Waals surface area (Å²) >= 11 is 0. The lowest BCUT2D eigenvalue weighted by Crippen LogP contribution is -2.61. The second-order valence-electron chi connectivity index (χ2n) is 5.89. The predicted molar refractivity (Wildman–Crippen MR) is 82.4 cm³/mol. The summed E-state index contributed by atoms with van der Waals surface area (Å²) in [5, 5.41) is 5.87. The zero-order valence-corrected chi connectivity index (χ0v) is 12.9. The van der Waals surface area contributed by atoms with E-state index in [9.17, 15) is 9.18 Å². The average molecular weight is 335 g/mol. The third-order valence-electron chi connectivity index (χ3n) is 4.26. The van der Waals surface area contributed by atoms with Gasteiger partial charge in [-0.2, -0.15) is 0 Å². The molecule has 0 radical (unpaired) electrons. The predicted octanol–water partition coefficient (Wildman–Crippen LogP) is -0.640. The van der Waals surface area contributed by atoms with Crippen LogP contribution in [-0.4, -0.2) is 37.9 Å². The van der Waals surface area contributed by atoms with Gasteiger partial charge in [-0.25, -0.2) is 9.82 Å². The Morgan fingerprint density at radius 3 is 3.21 bits per heavy atom. The fourth-order valence-corrected chi connectivity index (χ4v) is 3.09. The number of aliphatic imine (C=N–C) groups is 1. The highest BCUT2D eigenvalue weighted by Gasteiger charge is 2.37. The molecular formula is C15H18FN5O3. The quantitative estimate of drug-likeness (QED) is 0.587. The Hall–Kier alpha value is -2.23. The molecule has 9 heteroatoms. The molecule has 0 spiro atoms. The van der Waals surface area contributed by atoms with Gasteiger partial charge in [-0.15, -0.1) is 0 Å². The van der Waals surface area contributed by atoms with Gasteiger partial charge in [0.2, 0.25) is 5.91 Å². The number of carbonyl (C=O) groups is 1. The molecule has 2 saturated heterocycles. The molecule has 24 heavy (non-hydrogen) atoms. The molecule has 3 aliphatic heterocycles. The van der Waals surface area contributed by atoms with E-state index >= 15 is 0 Å². The van der Waals surface area contributed by atoms with E-state index in [2.05, 4.69) is 26.5 Å². The van der Waals surface area contributed by atoms with Crippen molar-refractivity contribution in [2.24, 2.45) is 10.9 Å². The van der Waals surface area contributed by atoms with Gasteiger partial charge in [-0.05, 0) is 24.1 Å². The molecule has 8 nitrogen and oxygen atoms in total. The molecule has 0 aliphatic carbocycles. The topological polar surface area (TPSA) is 96.0 Å². The number of guanidine groups is 1. The highest BCUT2D eigenvalue weighted by atomic mass is 19.1. The van der Waals surface area contributed by atoms with Crippen LogP contribution in [0.1, 0.15) is 11.1 Å². The molecule has 1 amide bonds. The van der Waals surface area contributed by atoms with E-state index in [1.807, 2.05) is 0 Å². The van der Waals surface area contributed by atoms with Gasteiger partial charge in [-0.1, -0.05) is 0 Å². The van der Waals surface area contributed by atoms with Gasteiger partial charge in [-0.3, -0.25) is 20.5 Å². The first-order valence-electron chi connectivity index (χ1n) is 7.83. The van der Waals surface area contributed by atoms with Gasteiger partial charge in [0.05, 0.1) is 12.5 Å². The number of halogens is 1. The normalized spacial score (nSPS) is 27.0. The molecular weight excluding hydrogens is 317 g/mol. The Labute approximate surface area is 137 Å². The van der Waals surface area contributed by atoms with Gasteiger partial charge >= 0.3 is 0 Å². The van der Waals surface area contributed by atoms with Gasteiger partial charge in [0.25, 0.3) is 0 Å². The third kappa shape index (κ3) is 2.93. The third-order valence-corrected chi connectivity index (χ3v) is 4.26. The SMILES string of the molecule is O=C1NC(=NCCc2cc(F)cc3c2OCOC3)NC2NNCC12. The molecule has 0 aromatic heterocycles. The van der Waals surface area contributed by atoms with Crippen LogP contribution in [0.3, 0.4) is 0 Å². The number of amides is 1. The standard InChI is InChI=1S/C15H18FN5O3/c16-10-3-8(12-9(4-10)6-23-7-24-12)1-2-17-15-19-13-11(5-18-21-13)14(22)20-15/h3-4,11,13,18,21H,1-2,5-7H2,(H2,17,19,20,22). The molecule has 4 rings (SSSR count). The zero-order chi connectivity index (χ0) is 16.5. The number of carbonyl (C=O) groups excluding carboxylic acids is 1. The number of nitrogens with one attached hydrogen (secondary N) is 4. The van der Waals surface area contributed by atoms with Crippen LogP contribution < -0.4 is 26.2 Å². The van der Waals surface area contributed by atoms with E-state index < -0.39 is 0 Å². The monoisotopic (exact) mass is 335 g/mol. The van der Waals surface area contributed by atoms with Crippen LogP contribution >= 0.6 is 0 Å². The first kappa shape index (κ1) is 15.3. The number of nitrogens with zero attached hydrogens (tertiary/aromatic N) is 1. The van der Waals surface area contributed by atoms with Crippen molar-refractivity contribution in [3.63, 3.8) is 0 Å². The number of rotatable bonds is 3. The molecule has 1 aromatic rings. The molecule has 0 bridgehead atoms. The van der Waals surface area contributed by atoms with E-state index in [4.69, 9.17) is 9.47 Å². The summed E-state index contributed by atoms with van der Waals surface area (Å²) in [4.78, 5) is 16.3. The Balaban J connectivity index is 1.44. The van der Waals surface area contributed by atoms with Crippen molar-refractivity contribution in [1.29, 1.82) is 0 Å². The Morgan fingerprint density at radius 1 is 1.38 bits per heavy atom. The fourth-order valence-electron chi connectivity index (χ4n) is 3.09. The molecule has 0 saturated carbocycles. The van der Waals surface area contributed by atoms with E-state index in [0.717, 1.165) is 5.56 Å². The summed E-state index contributed by atoms with van der Waals surface area (Å²) in [7, 11) is 0.